The first-order valence-corrected chi connectivity index (χ1v) is 14.6. The molecule has 0 spiro atoms. The van der Waals surface area contributed by atoms with Gasteiger partial charge in [-0.2, -0.15) is 0 Å². The fraction of sp³-hybridized carbons (Fsp3) is 0.606. The van der Waals surface area contributed by atoms with Gasteiger partial charge in [0.25, 0.3) is 0 Å². The van der Waals surface area contributed by atoms with Crippen LogP contribution >= 0.6 is 0 Å². The SMILES string of the molecule is COCCCOc1cc(C[C@@H](C[C@H](N)[C@@H](O)C[C@H](C(=O)NCc2ccc(C)cc2)C(C)C)C(C)C)ccc1OC. The number of nitrogens with two attached hydrogens (primary N) is 1. The number of rotatable bonds is 18. The Hall–Kier alpha value is -2.61. The molecule has 4 atom stereocenters. The number of methoxy groups -OCH3 is 2. The van der Waals surface area contributed by atoms with Crippen molar-refractivity contribution in [3.05, 3.63) is 59.2 Å². The normalized spacial score (nSPS) is 14.6. The topological polar surface area (TPSA) is 103 Å². The van der Waals surface area contributed by atoms with Gasteiger partial charge in [-0.1, -0.05) is 63.6 Å². The summed E-state index contributed by atoms with van der Waals surface area (Å²) in [4.78, 5) is 13.1. The first-order valence-electron chi connectivity index (χ1n) is 14.6. The van der Waals surface area contributed by atoms with Gasteiger partial charge in [0.05, 0.1) is 19.8 Å². The van der Waals surface area contributed by atoms with Gasteiger partial charge in [0.2, 0.25) is 5.91 Å². The first kappa shape index (κ1) is 33.6. The van der Waals surface area contributed by atoms with Gasteiger partial charge in [-0.25, -0.2) is 0 Å². The molecule has 0 saturated carbocycles. The van der Waals surface area contributed by atoms with E-state index in [1.165, 1.54) is 5.56 Å². The van der Waals surface area contributed by atoms with E-state index in [0.717, 1.165) is 29.7 Å². The number of aliphatic hydroxyl groups is 1. The lowest BCUT2D eigenvalue weighted by Gasteiger charge is -2.30. The van der Waals surface area contributed by atoms with Crippen LogP contribution in [0.15, 0.2) is 42.5 Å². The average molecular weight is 557 g/mol. The summed E-state index contributed by atoms with van der Waals surface area (Å²) in [5, 5.41) is 14.2. The second-order valence-corrected chi connectivity index (χ2v) is 11.6. The average Bonchev–Trinajstić information content (AvgIpc) is 2.92. The zero-order chi connectivity index (χ0) is 29.7. The van der Waals surface area contributed by atoms with Gasteiger partial charge in [-0.3, -0.25) is 4.79 Å². The van der Waals surface area contributed by atoms with Gasteiger partial charge in [0, 0.05) is 38.6 Å². The van der Waals surface area contributed by atoms with Gasteiger partial charge >= 0.3 is 0 Å². The number of nitrogens with one attached hydrogen (secondary N) is 1. The van der Waals surface area contributed by atoms with E-state index in [4.69, 9.17) is 19.9 Å². The summed E-state index contributed by atoms with van der Waals surface area (Å²) in [6.07, 6.45) is 1.83. The molecule has 0 bridgehead atoms. The maximum Gasteiger partial charge on any atom is 0.223 e. The van der Waals surface area contributed by atoms with Gasteiger partial charge in [0.1, 0.15) is 0 Å². The highest BCUT2D eigenvalue weighted by atomic mass is 16.5. The molecule has 7 heteroatoms. The molecule has 40 heavy (non-hydrogen) atoms. The van der Waals surface area contributed by atoms with Crippen LogP contribution < -0.4 is 20.5 Å². The van der Waals surface area contributed by atoms with Crippen LogP contribution in [0.25, 0.3) is 0 Å². The molecule has 0 unspecified atom stereocenters. The predicted molar refractivity (Wildman–Crippen MR) is 162 cm³/mol. The number of aryl methyl sites for hydroxylation is 1. The maximum atomic E-state index is 13.1. The molecule has 0 aliphatic heterocycles. The summed E-state index contributed by atoms with van der Waals surface area (Å²) in [7, 11) is 3.32. The number of aliphatic hydroxyl groups excluding tert-OH is 1. The first-order chi connectivity index (χ1) is 19.0. The highest BCUT2D eigenvalue weighted by Crippen LogP contribution is 2.31. The number of carbonyl (C=O) groups is 1. The number of amides is 1. The van der Waals surface area contributed by atoms with Crippen LogP contribution in [0, 0.1) is 30.6 Å². The van der Waals surface area contributed by atoms with E-state index in [-0.39, 0.29) is 23.7 Å². The van der Waals surface area contributed by atoms with Crippen molar-refractivity contribution in [2.75, 3.05) is 27.4 Å². The summed E-state index contributed by atoms with van der Waals surface area (Å²) in [5.74, 6) is 1.77. The van der Waals surface area contributed by atoms with E-state index in [0.29, 0.717) is 44.3 Å². The van der Waals surface area contributed by atoms with Gasteiger partial charge in [-0.05, 0) is 67.2 Å². The Morgan fingerprint density at radius 1 is 0.925 bits per heavy atom. The number of hydrogen-bond acceptors (Lipinski definition) is 6. The Morgan fingerprint density at radius 3 is 2.20 bits per heavy atom. The lowest BCUT2D eigenvalue weighted by Crippen LogP contribution is -2.42. The molecule has 0 saturated heterocycles. The van der Waals surface area contributed by atoms with E-state index < -0.39 is 12.1 Å². The van der Waals surface area contributed by atoms with Gasteiger partial charge < -0.3 is 30.4 Å². The molecule has 2 rings (SSSR count). The molecule has 0 fully saturated rings. The van der Waals surface area contributed by atoms with Crippen molar-refractivity contribution < 1.29 is 24.1 Å². The number of ether oxygens (including phenoxy) is 3. The van der Waals surface area contributed by atoms with Crippen molar-refractivity contribution in [2.24, 2.45) is 29.4 Å². The summed E-state index contributed by atoms with van der Waals surface area (Å²) in [5.41, 5.74) is 9.95. The smallest absolute Gasteiger partial charge is 0.223 e. The van der Waals surface area contributed by atoms with E-state index in [2.05, 4.69) is 25.2 Å². The Balaban J connectivity index is 2.00. The third kappa shape index (κ3) is 11.1. The zero-order valence-corrected chi connectivity index (χ0v) is 25.6. The molecular weight excluding hydrogens is 504 g/mol. The van der Waals surface area contributed by atoms with E-state index in [1.54, 1.807) is 14.2 Å². The molecule has 0 heterocycles. The summed E-state index contributed by atoms with van der Waals surface area (Å²) >= 11 is 0. The van der Waals surface area contributed by atoms with Crippen molar-refractivity contribution in [3.63, 3.8) is 0 Å². The second kappa shape index (κ2) is 17.3. The summed E-state index contributed by atoms with van der Waals surface area (Å²) < 4.78 is 16.6. The highest BCUT2D eigenvalue weighted by Gasteiger charge is 2.29. The molecule has 7 nitrogen and oxygen atoms in total. The second-order valence-electron chi connectivity index (χ2n) is 11.6. The van der Waals surface area contributed by atoms with Crippen LogP contribution in [-0.4, -0.2) is 50.6 Å². The fourth-order valence-electron chi connectivity index (χ4n) is 4.89. The third-order valence-electron chi connectivity index (χ3n) is 7.71. The van der Waals surface area contributed by atoms with E-state index in [9.17, 15) is 9.90 Å². The lowest BCUT2D eigenvalue weighted by molar-refractivity contribution is -0.127. The minimum absolute atomic E-state index is 0.0431. The number of benzene rings is 2. The van der Waals surface area contributed by atoms with E-state index >= 15 is 0 Å². The van der Waals surface area contributed by atoms with Crippen LogP contribution in [0.5, 0.6) is 11.5 Å². The van der Waals surface area contributed by atoms with Crippen molar-refractivity contribution in [3.8, 4) is 11.5 Å². The molecular formula is C33H52N2O5. The summed E-state index contributed by atoms with van der Waals surface area (Å²) in [6, 6.07) is 13.7. The van der Waals surface area contributed by atoms with Crippen LogP contribution in [0.1, 0.15) is 63.6 Å². The van der Waals surface area contributed by atoms with Crippen LogP contribution in [0.2, 0.25) is 0 Å². The lowest BCUT2D eigenvalue weighted by atomic mass is 9.81. The fourth-order valence-corrected chi connectivity index (χ4v) is 4.89. The zero-order valence-electron chi connectivity index (χ0n) is 25.6. The van der Waals surface area contributed by atoms with Crippen molar-refractivity contribution in [1.29, 1.82) is 0 Å². The molecule has 0 aliphatic rings. The molecule has 1 amide bonds. The Kier molecular flexibility index (Phi) is 14.5. The van der Waals surface area contributed by atoms with Crippen LogP contribution in [-0.2, 0) is 22.5 Å². The number of carbonyl (C=O) groups excluding carboxylic acids is 1. The largest absolute Gasteiger partial charge is 0.493 e. The predicted octanol–water partition coefficient (Wildman–Crippen LogP) is 5.29. The van der Waals surface area contributed by atoms with Crippen molar-refractivity contribution in [2.45, 2.75) is 79.0 Å². The van der Waals surface area contributed by atoms with Crippen LogP contribution in [0.3, 0.4) is 0 Å². The Labute approximate surface area is 241 Å². The Morgan fingerprint density at radius 2 is 1.60 bits per heavy atom. The van der Waals surface area contributed by atoms with Crippen molar-refractivity contribution >= 4 is 5.91 Å². The maximum absolute atomic E-state index is 13.1. The minimum Gasteiger partial charge on any atom is -0.493 e. The molecule has 4 N–H and O–H groups in total. The summed E-state index contributed by atoms with van der Waals surface area (Å²) in [6.45, 7) is 12.1. The molecule has 2 aromatic carbocycles. The molecule has 2 aromatic rings. The third-order valence-corrected chi connectivity index (χ3v) is 7.71. The van der Waals surface area contributed by atoms with Crippen LogP contribution in [0.4, 0.5) is 0 Å². The highest BCUT2D eigenvalue weighted by molar-refractivity contribution is 5.78. The Bertz CT molecular complexity index is 1010. The minimum atomic E-state index is -0.769. The quantitative estimate of drug-likeness (QED) is 0.216. The van der Waals surface area contributed by atoms with E-state index in [1.807, 2.05) is 57.2 Å². The standard InChI is InChI=1S/C33H52N2O5/c1-22(2)27(17-26-13-14-31(39-7)32(18-26)40-16-8-15-38-6)19-29(34)30(36)20-28(23(3)4)33(37)35-21-25-11-9-24(5)10-12-25/h9-14,18,22-23,27-30,36H,8,15-17,19-21,34H2,1-7H3,(H,35,37)/t27-,28-,29-,30-/m0/s1. The molecule has 224 valence electrons. The molecule has 0 radical (unpaired) electrons. The van der Waals surface area contributed by atoms with Gasteiger partial charge in [-0.15, -0.1) is 0 Å². The molecule has 0 aliphatic carbocycles. The molecule has 0 aromatic heterocycles. The monoisotopic (exact) mass is 556 g/mol. The van der Waals surface area contributed by atoms with Crippen molar-refractivity contribution in [1.82, 2.24) is 5.32 Å². The van der Waals surface area contributed by atoms with Gasteiger partial charge in [0.15, 0.2) is 11.5 Å². The number of hydrogen-bond donors (Lipinski definition) is 3.